The fraction of sp³-hybridized carbons (Fsp3) is 0.0185. The van der Waals surface area contributed by atoms with Crippen molar-refractivity contribution in [2.45, 2.75) is 7.43 Å². The SMILES string of the molecule is C.c1ccc(-n2c(-c3ccc(-c4ccc5c(-c6ccc7ccccc7c6)c6ccccc6c(-c6ccc7ccccc7c6)c5c4)cc3)nc3ccccc32)cc1. The molecule has 0 fully saturated rings. The largest absolute Gasteiger partial charge is 0.292 e. The second-order valence-electron chi connectivity index (χ2n) is 14.4. The van der Waals surface area contributed by atoms with Crippen LogP contribution in [-0.2, 0) is 0 Å². The average Bonchev–Trinajstić information content (AvgIpc) is 3.65. The smallest absolute Gasteiger partial charge is 0.145 e. The number of hydrogen-bond acceptors (Lipinski definition) is 1. The van der Waals surface area contributed by atoms with Crippen LogP contribution in [0.3, 0.4) is 0 Å². The first kappa shape index (κ1) is 33.3. The lowest BCUT2D eigenvalue weighted by molar-refractivity contribution is 1.10. The van der Waals surface area contributed by atoms with Gasteiger partial charge >= 0.3 is 0 Å². The van der Waals surface area contributed by atoms with Crippen molar-refractivity contribution in [2.24, 2.45) is 0 Å². The van der Waals surface area contributed by atoms with E-state index >= 15 is 0 Å². The Kier molecular flexibility index (Phi) is 8.04. The van der Waals surface area contributed by atoms with Gasteiger partial charge in [0.05, 0.1) is 11.0 Å². The highest BCUT2D eigenvalue weighted by Gasteiger charge is 2.19. The van der Waals surface area contributed by atoms with Gasteiger partial charge in [0.15, 0.2) is 0 Å². The molecule has 0 atom stereocenters. The summed E-state index contributed by atoms with van der Waals surface area (Å²) in [7, 11) is 0. The lowest BCUT2D eigenvalue weighted by Gasteiger charge is -2.19. The Morgan fingerprint density at radius 3 is 1.46 bits per heavy atom. The molecular weight excluding hydrogens is 677 g/mol. The van der Waals surface area contributed by atoms with Crippen LogP contribution in [0.4, 0.5) is 0 Å². The number of imidazole rings is 1. The number of rotatable bonds is 5. The van der Waals surface area contributed by atoms with Crippen LogP contribution in [0.15, 0.2) is 206 Å². The Bertz CT molecular complexity index is 3240. The van der Waals surface area contributed by atoms with Crippen molar-refractivity contribution in [2.75, 3.05) is 0 Å². The van der Waals surface area contributed by atoms with E-state index in [0.29, 0.717) is 0 Å². The van der Waals surface area contributed by atoms with E-state index in [1.54, 1.807) is 0 Å². The molecule has 0 amide bonds. The summed E-state index contributed by atoms with van der Waals surface area (Å²) in [5, 5.41) is 9.97. The second-order valence-corrected chi connectivity index (χ2v) is 14.4. The maximum Gasteiger partial charge on any atom is 0.145 e. The quantitative estimate of drug-likeness (QED) is 0.162. The zero-order valence-corrected chi connectivity index (χ0v) is 30.0. The fourth-order valence-electron chi connectivity index (χ4n) is 8.54. The van der Waals surface area contributed by atoms with Crippen molar-refractivity contribution in [3.8, 4) is 50.5 Å². The molecule has 10 aromatic carbocycles. The topological polar surface area (TPSA) is 17.8 Å². The highest BCUT2D eigenvalue weighted by Crippen LogP contribution is 2.46. The van der Waals surface area contributed by atoms with Crippen LogP contribution in [0.5, 0.6) is 0 Å². The van der Waals surface area contributed by atoms with Gasteiger partial charge in [-0.1, -0.05) is 171 Å². The summed E-state index contributed by atoms with van der Waals surface area (Å²) in [5.41, 5.74) is 11.6. The van der Waals surface area contributed by atoms with Gasteiger partial charge in [-0.05, 0) is 119 Å². The van der Waals surface area contributed by atoms with Gasteiger partial charge < -0.3 is 0 Å². The number of hydrogen-bond donors (Lipinski definition) is 0. The Balaban J connectivity index is 0.00000384. The van der Waals surface area contributed by atoms with Crippen LogP contribution in [0.25, 0.3) is 105 Å². The summed E-state index contributed by atoms with van der Waals surface area (Å²) in [6.07, 6.45) is 0. The zero-order chi connectivity index (χ0) is 36.3. The fourth-order valence-corrected chi connectivity index (χ4v) is 8.54. The van der Waals surface area contributed by atoms with E-state index in [-0.39, 0.29) is 7.43 Å². The van der Waals surface area contributed by atoms with E-state index in [1.165, 1.54) is 70.9 Å². The van der Waals surface area contributed by atoms with Gasteiger partial charge in [0.2, 0.25) is 0 Å². The van der Waals surface area contributed by atoms with Crippen LogP contribution < -0.4 is 0 Å². The van der Waals surface area contributed by atoms with Crippen LogP contribution >= 0.6 is 0 Å². The van der Waals surface area contributed by atoms with E-state index in [0.717, 1.165) is 33.7 Å². The third kappa shape index (κ3) is 5.46. The summed E-state index contributed by atoms with van der Waals surface area (Å²) >= 11 is 0. The molecule has 0 aliphatic carbocycles. The molecule has 0 saturated carbocycles. The van der Waals surface area contributed by atoms with Crippen LogP contribution in [0.2, 0.25) is 0 Å². The van der Waals surface area contributed by atoms with E-state index in [2.05, 4.69) is 211 Å². The van der Waals surface area contributed by atoms with Gasteiger partial charge in [0, 0.05) is 11.3 Å². The first-order chi connectivity index (χ1) is 27.3. The number of fused-ring (bicyclic) bond motifs is 5. The van der Waals surface area contributed by atoms with Crippen molar-refractivity contribution < 1.29 is 0 Å². The summed E-state index contributed by atoms with van der Waals surface area (Å²) in [4.78, 5) is 5.12. The molecule has 0 saturated heterocycles. The predicted molar refractivity (Wildman–Crippen MR) is 240 cm³/mol. The average molecular weight is 715 g/mol. The number of para-hydroxylation sites is 3. The monoisotopic (exact) mass is 714 g/mol. The van der Waals surface area contributed by atoms with Crippen LogP contribution in [0.1, 0.15) is 7.43 Å². The molecule has 0 aliphatic heterocycles. The summed E-state index contributed by atoms with van der Waals surface area (Å²) < 4.78 is 2.26. The second kappa shape index (κ2) is 13.5. The summed E-state index contributed by atoms with van der Waals surface area (Å²) in [5.74, 6) is 0.933. The molecule has 0 radical (unpaired) electrons. The molecule has 11 aromatic rings. The van der Waals surface area contributed by atoms with E-state index < -0.39 is 0 Å². The summed E-state index contributed by atoms with van der Waals surface area (Å²) in [6.45, 7) is 0. The number of benzene rings is 10. The molecule has 2 nitrogen and oxygen atoms in total. The third-order valence-electron chi connectivity index (χ3n) is 11.2. The van der Waals surface area contributed by atoms with Crippen molar-refractivity contribution >= 4 is 54.1 Å². The molecular formula is C54H38N2. The standard InChI is InChI=1S/C53H34N2.CH4/c1-2-16-44(17-3-1)55-50-21-11-10-20-49(50)54-53(55)38-26-22-37(23-27-38)41-30-31-47-48(34-41)52(43-29-25-36-13-5-7-15-40(36)33-43)46-19-9-8-18-45(46)51(47)42-28-24-35-12-4-6-14-39(35)32-42;/h1-34H;1H4. The first-order valence-electron chi connectivity index (χ1n) is 18.9. The van der Waals surface area contributed by atoms with Gasteiger partial charge in [-0.15, -0.1) is 0 Å². The molecule has 1 aromatic heterocycles. The molecule has 11 rings (SSSR count). The lowest BCUT2D eigenvalue weighted by atomic mass is 9.84. The zero-order valence-electron chi connectivity index (χ0n) is 30.0. The van der Waals surface area contributed by atoms with E-state index in [9.17, 15) is 0 Å². The molecule has 0 bridgehead atoms. The van der Waals surface area contributed by atoms with Crippen LogP contribution in [0, 0.1) is 0 Å². The Labute approximate surface area is 326 Å². The molecule has 1 heterocycles. The van der Waals surface area contributed by atoms with Gasteiger partial charge in [-0.25, -0.2) is 4.98 Å². The van der Waals surface area contributed by atoms with Gasteiger partial charge in [-0.3, -0.25) is 4.57 Å². The first-order valence-corrected chi connectivity index (χ1v) is 18.9. The Morgan fingerprint density at radius 2 is 0.804 bits per heavy atom. The Morgan fingerprint density at radius 1 is 0.321 bits per heavy atom. The van der Waals surface area contributed by atoms with Gasteiger partial charge in [0.1, 0.15) is 5.82 Å². The van der Waals surface area contributed by atoms with Gasteiger partial charge in [-0.2, -0.15) is 0 Å². The Hall–Kier alpha value is -7.29. The minimum absolute atomic E-state index is 0. The molecule has 2 heteroatoms. The molecule has 0 spiro atoms. The molecule has 56 heavy (non-hydrogen) atoms. The lowest BCUT2D eigenvalue weighted by Crippen LogP contribution is -1.97. The molecule has 0 aliphatic rings. The number of nitrogens with zero attached hydrogens (tertiary/aromatic N) is 2. The highest BCUT2D eigenvalue weighted by molar-refractivity contribution is 6.22. The minimum atomic E-state index is 0. The predicted octanol–water partition coefficient (Wildman–Crippen LogP) is 14.9. The highest BCUT2D eigenvalue weighted by atomic mass is 15.1. The third-order valence-corrected chi connectivity index (χ3v) is 11.2. The van der Waals surface area contributed by atoms with Crippen molar-refractivity contribution in [3.63, 3.8) is 0 Å². The maximum absolute atomic E-state index is 5.12. The molecule has 0 unspecified atom stereocenters. The number of aromatic nitrogens is 2. The normalized spacial score (nSPS) is 11.4. The molecule has 0 N–H and O–H groups in total. The van der Waals surface area contributed by atoms with E-state index in [1.807, 2.05) is 0 Å². The molecule has 264 valence electrons. The van der Waals surface area contributed by atoms with Crippen molar-refractivity contribution in [1.82, 2.24) is 9.55 Å². The van der Waals surface area contributed by atoms with E-state index in [4.69, 9.17) is 4.98 Å². The summed E-state index contributed by atoms with van der Waals surface area (Å²) in [6, 6.07) is 74.8. The van der Waals surface area contributed by atoms with Crippen LogP contribution in [-0.4, -0.2) is 9.55 Å². The van der Waals surface area contributed by atoms with Crippen molar-refractivity contribution in [3.05, 3.63) is 206 Å². The minimum Gasteiger partial charge on any atom is -0.292 e. The van der Waals surface area contributed by atoms with Gasteiger partial charge in [0.25, 0.3) is 0 Å². The maximum atomic E-state index is 5.12. The van der Waals surface area contributed by atoms with Crippen molar-refractivity contribution in [1.29, 1.82) is 0 Å².